The van der Waals surface area contributed by atoms with Crippen LogP contribution in [0.1, 0.15) is 20.8 Å². The molecule has 0 bridgehead atoms. The van der Waals surface area contributed by atoms with Crippen LogP contribution in [0.2, 0.25) is 18.1 Å². The summed E-state index contributed by atoms with van der Waals surface area (Å²) in [6.45, 7) is 8.76. The van der Waals surface area contributed by atoms with E-state index < -0.39 is 47.3 Å². The monoisotopic (exact) mass is 360 g/mol. The summed E-state index contributed by atoms with van der Waals surface area (Å²) < 4.78 is 64.8. The molecule has 0 aromatic heterocycles. The Morgan fingerprint density at radius 1 is 0.955 bits per heavy atom. The highest BCUT2D eigenvalue weighted by Gasteiger charge is 2.41. The van der Waals surface area contributed by atoms with E-state index in [9.17, 15) is 17.6 Å². The first-order valence-corrected chi connectivity index (χ1v) is 9.78. The van der Waals surface area contributed by atoms with Gasteiger partial charge in [0.25, 0.3) is 8.32 Å². The fraction of sp³-hybridized carbons (Fsp3) is 0.500. The lowest BCUT2D eigenvalue weighted by Crippen LogP contribution is -2.44. The van der Waals surface area contributed by atoms with Gasteiger partial charge in [-0.2, -0.15) is 8.78 Å². The predicted molar refractivity (Wildman–Crippen MR) is 74.8 cm³/mol. The molecule has 0 amide bonds. The number of halogens is 4. The smallest absolute Gasteiger partial charge is 0.250 e. The average molecular weight is 360 g/mol. The van der Waals surface area contributed by atoms with Crippen molar-refractivity contribution in [3.63, 3.8) is 0 Å². The van der Waals surface area contributed by atoms with Crippen LogP contribution >= 0.6 is 12.0 Å². The summed E-state index contributed by atoms with van der Waals surface area (Å²) in [6.07, 6.45) is 0. The van der Waals surface area contributed by atoms with Crippen molar-refractivity contribution in [2.75, 3.05) is 0 Å². The molecule has 0 heterocycles. The molecular formula is C12H16F4O4SSi. The lowest BCUT2D eigenvalue weighted by atomic mass is 10.2. The van der Waals surface area contributed by atoms with E-state index in [1.54, 1.807) is 33.9 Å². The molecule has 1 N–H and O–H groups in total. The molecular weight excluding hydrogens is 344 g/mol. The molecule has 0 aliphatic heterocycles. The molecule has 0 fully saturated rings. The van der Waals surface area contributed by atoms with Gasteiger partial charge in [-0.05, 0) is 18.1 Å². The molecule has 22 heavy (non-hydrogen) atoms. The fourth-order valence-electron chi connectivity index (χ4n) is 1.21. The quantitative estimate of drug-likeness (QED) is 0.199. The van der Waals surface area contributed by atoms with Crippen LogP contribution in [0.4, 0.5) is 17.6 Å². The Hall–Kier alpha value is -0.813. The highest BCUT2D eigenvalue weighted by molar-refractivity contribution is 7.94. The van der Waals surface area contributed by atoms with Crippen LogP contribution in [0.5, 0.6) is 5.75 Å². The molecule has 1 aromatic carbocycles. The molecule has 0 saturated carbocycles. The minimum atomic E-state index is -2.71. The van der Waals surface area contributed by atoms with Crippen LogP contribution in [0.15, 0.2) is 4.90 Å². The Morgan fingerprint density at radius 2 is 1.41 bits per heavy atom. The third-order valence-electron chi connectivity index (χ3n) is 3.49. The summed E-state index contributed by atoms with van der Waals surface area (Å²) in [4.78, 5) is -1.13. The number of hydrogen-bond acceptors (Lipinski definition) is 5. The lowest BCUT2D eigenvalue weighted by molar-refractivity contribution is -0.432. The van der Waals surface area contributed by atoms with Crippen molar-refractivity contribution in [2.45, 2.75) is 43.8 Å². The van der Waals surface area contributed by atoms with Crippen LogP contribution in [-0.2, 0) is 9.37 Å². The maximum atomic E-state index is 14.0. The van der Waals surface area contributed by atoms with Crippen molar-refractivity contribution in [2.24, 2.45) is 0 Å². The van der Waals surface area contributed by atoms with Crippen molar-refractivity contribution in [1.29, 1.82) is 0 Å². The molecule has 1 aromatic rings. The number of benzene rings is 1. The molecule has 0 unspecified atom stereocenters. The molecule has 0 saturated heterocycles. The topological polar surface area (TPSA) is 47.9 Å². The van der Waals surface area contributed by atoms with Gasteiger partial charge in [-0.1, -0.05) is 25.8 Å². The van der Waals surface area contributed by atoms with Crippen LogP contribution in [0.3, 0.4) is 0 Å². The first-order valence-electron chi connectivity index (χ1n) is 6.13. The molecule has 0 aliphatic carbocycles. The molecule has 4 nitrogen and oxygen atoms in total. The van der Waals surface area contributed by atoms with Crippen LogP contribution < -0.4 is 4.43 Å². The molecule has 0 radical (unpaired) electrons. The Morgan fingerprint density at radius 3 is 1.77 bits per heavy atom. The van der Waals surface area contributed by atoms with Gasteiger partial charge >= 0.3 is 0 Å². The molecule has 0 atom stereocenters. The largest absolute Gasteiger partial charge is 0.539 e. The van der Waals surface area contributed by atoms with Crippen molar-refractivity contribution in [1.82, 2.24) is 0 Å². The van der Waals surface area contributed by atoms with E-state index >= 15 is 0 Å². The van der Waals surface area contributed by atoms with E-state index in [0.29, 0.717) is 0 Å². The van der Waals surface area contributed by atoms with E-state index in [2.05, 4.69) is 9.37 Å². The highest BCUT2D eigenvalue weighted by atomic mass is 32.2. The van der Waals surface area contributed by atoms with Gasteiger partial charge in [0.2, 0.25) is 11.6 Å². The minimum absolute atomic E-state index is 0.212. The Kier molecular flexibility index (Phi) is 5.90. The maximum absolute atomic E-state index is 14.0. The highest BCUT2D eigenvalue weighted by Crippen LogP contribution is 2.41. The molecule has 0 aliphatic rings. The van der Waals surface area contributed by atoms with Crippen LogP contribution in [0, 0.1) is 23.3 Å². The zero-order valence-electron chi connectivity index (χ0n) is 12.6. The van der Waals surface area contributed by atoms with Crippen molar-refractivity contribution in [3.05, 3.63) is 23.3 Å². The van der Waals surface area contributed by atoms with Crippen LogP contribution in [0.25, 0.3) is 0 Å². The second-order valence-electron chi connectivity index (χ2n) is 6.00. The summed E-state index contributed by atoms with van der Waals surface area (Å²) in [6, 6.07) is 0. The van der Waals surface area contributed by atoms with Crippen molar-refractivity contribution < 1.29 is 36.6 Å². The zero-order valence-corrected chi connectivity index (χ0v) is 14.4. The van der Waals surface area contributed by atoms with E-state index in [1.807, 2.05) is 0 Å². The van der Waals surface area contributed by atoms with Crippen LogP contribution in [-0.4, -0.2) is 13.6 Å². The van der Waals surface area contributed by atoms with Crippen molar-refractivity contribution >= 4 is 20.4 Å². The summed E-state index contributed by atoms with van der Waals surface area (Å²) in [5, 5.41) is 10.7. The lowest BCUT2D eigenvalue weighted by Gasteiger charge is -2.36. The molecule has 10 heteroatoms. The van der Waals surface area contributed by atoms with Gasteiger partial charge in [-0.25, -0.2) is 14.0 Å². The summed E-state index contributed by atoms with van der Waals surface area (Å²) >= 11 is -0.212. The third-order valence-corrected chi connectivity index (χ3v) is 8.47. The Balaban J connectivity index is 3.35. The first kappa shape index (κ1) is 19.2. The molecule has 1 rings (SSSR count). The second-order valence-corrected chi connectivity index (χ2v) is 11.4. The summed E-state index contributed by atoms with van der Waals surface area (Å²) in [7, 11) is -2.71. The van der Waals surface area contributed by atoms with Gasteiger partial charge in [-0.15, -0.1) is 4.33 Å². The number of rotatable bonds is 5. The molecule has 126 valence electrons. The van der Waals surface area contributed by atoms with E-state index in [-0.39, 0.29) is 12.0 Å². The standard InChI is InChI=1S/C12H16F4O4SSi/c1-12(2,3)22(4,5)18-10-6(13)8(15)11(21-20-19-17)9(16)7(10)14/h17H,1-5H3. The average Bonchev–Trinajstić information content (AvgIpc) is 2.40. The fourth-order valence-corrected chi connectivity index (χ4v) is 2.63. The Bertz CT molecular complexity index is 534. The predicted octanol–water partition coefficient (Wildman–Crippen LogP) is 5.06. The van der Waals surface area contributed by atoms with Gasteiger partial charge in [-0.3, -0.25) is 0 Å². The van der Waals surface area contributed by atoms with E-state index in [1.165, 1.54) is 0 Å². The summed E-state index contributed by atoms with van der Waals surface area (Å²) in [5.74, 6) is -7.85. The Labute approximate surface area is 130 Å². The SMILES string of the molecule is CC(C)(C)[Si](C)(C)Oc1c(F)c(F)c(SOOO)c(F)c1F. The maximum Gasteiger partial charge on any atom is 0.250 e. The van der Waals surface area contributed by atoms with Gasteiger partial charge in [0, 0.05) is 0 Å². The third kappa shape index (κ3) is 3.74. The first-order chi connectivity index (χ1) is 9.94. The number of hydrogen-bond donors (Lipinski definition) is 1. The van der Waals surface area contributed by atoms with Gasteiger partial charge in [0.05, 0.1) is 12.0 Å². The van der Waals surface area contributed by atoms with E-state index in [4.69, 9.17) is 9.68 Å². The minimum Gasteiger partial charge on any atom is -0.539 e. The van der Waals surface area contributed by atoms with Gasteiger partial charge in [0.1, 0.15) is 4.90 Å². The van der Waals surface area contributed by atoms with Gasteiger partial charge in [0.15, 0.2) is 17.4 Å². The van der Waals surface area contributed by atoms with Crippen molar-refractivity contribution in [3.8, 4) is 5.75 Å². The van der Waals surface area contributed by atoms with Gasteiger partial charge < -0.3 is 4.43 Å². The second kappa shape index (κ2) is 6.75. The normalized spacial score (nSPS) is 12.6. The zero-order chi connectivity index (χ0) is 17.3. The molecule has 0 spiro atoms. The summed E-state index contributed by atoms with van der Waals surface area (Å²) in [5.41, 5.74) is 0. The van der Waals surface area contributed by atoms with E-state index in [0.717, 1.165) is 0 Å².